The Morgan fingerprint density at radius 2 is 1.65 bits per heavy atom. The van der Waals surface area contributed by atoms with Gasteiger partial charge in [-0.1, -0.05) is 59.9 Å². The molecule has 0 radical (unpaired) electrons. The molecule has 9 heteroatoms. The summed E-state index contributed by atoms with van der Waals surface area (Å²) in [6, 6.07) is 23.0. The summed E-state index contributed by atoms with van der Waals surface area (Å²) < 4.78 is 28.3. The average Bonchev–Trinajstić information content (AvgIpc) is 3.16. The van der Waals surface area contributed by atoms with E-state index in [2.05, 4.69) is 20.3 Å². The van der Waals surface area contributed by atoms with Crippen molar-refractivity contribution in [1.29, 1.82) is 0 Å². The van der Waals surface area contributed by atoms with Crippen LogP contribution in [-0.2, 0) is 16.4 Å². The predicted molar refractivity (Wildman–Crippen MR) is 124 cm³/mol. The van der Waals surface area contributed by atoms with Crippen molar-refractivity contribution < 1.29 is 13.2 Å². The number of nitrogens with zero attached hydrogens (tertiary/aromatic N) is 1. The minimum atomic E-state index is -3.71. The van der Waals surface area contributed by atoms with E-state index in [1.165, 1.54) is 23.5 Å². The van der Waals surface area contributed by atoms with Crippen LogP contribution in [0.1, 0.15) is 5.56 Å². The third kappa shape index (κ3) is 5.39. The van der Waals surface area contributed by atoms with Gasteiger partial charge < -0.3 is 10.6 Å². The Bertz CT molecular complexity index is 1290. The first-order chi connectivity index (χ1) is 15.0. The molecule has 0 bridgehead atoms. The zero-order chi connectivity index (χ0) is 21.7. The summed E-state index contributed by atoms with van der Waals surface area (Å²) in [5, 5.41) is 5.87. The summed E-state index contributed by atoms with van der Waals surface area (Å²) in [7, 11) is -3.71. The van der Waals surface area contributed by atoms with Crippen molar-refractivity contribution in [3.05, 3.63) is 84.4 Å². The minimum absolute atomic E-state index is 0.170. The second-order valence-corrected chi connectivity index (χ2v) is 9.45. The van der Waals surface area contributed by atoms with Crippen molar-refractivity contribution in [2.45, 2.75) is 11.3 Å². The molecule has 0 fully saturated rings. The molecule has 1 heterocycles. The van der Waals surface area contributed by atoms with Gasteiger partial charge in [0.25, 0.3) is 10.0 Å². The molecule has 1 aromatic heterocycles. The predicted octanol–water partition coefficient (Wildman–Crippen LogP) is 4.46. The van der Waals surface area contributed by atoms with Gasteiger partial charge >= 0.3 is 6.03 Å². The summed E-state index contributed by atoms with van der Waals surface area (Å²) in [4.78, 5) is 16.7. The van der Waals surface area contributed by atoms with Gasteiger partial charge in [0.05, 0.1) is 15.1 Å². The van der Waals surface area contributed by atoms with E-state index in [0.717, 1.165) is 16.7 Å². The Kier molecular flexibility index (Phi) is 6.15. The number of sulfonamides is 1. The smallest absolute Gasteiger partial charge is 0.319 e. The number of benzene rings is 3. The highest BCUT2D eigenvalue weighted by molar-refractivity contribution is 7.93. The second kappa shape index (κ2) is 9.15. The second-order valence-electron chi connectivity index (χ2n) is 6.74. The zero-order valence-electron chi connectivity index (χ0n) is 16.4. The quantitative estimate of drug-likeness (QED) is 0.385. The molecule has 0 atom stereocenters. The van der Waals surface area contributed by atoms with Gasteiger partial charge in [0, 0.05) is 12.2 Å². The van der Waals surface area contributed by atoms with Gasteiger partial charge in [-0.3, -0.25) is 4.72 Å². The van der Waals surface area contributed by atoms with Gasteiger partial charge in [0.1, 0.15) is 0 Å². The Balaban J connectivity index is 1.39. The van der Waals surface area contributed by atoms with E-state index in [1.54, 1.807) is 36.4 Å². The SMILES string of the molecule is O=C(NCCc1ccccc1)Nc1ccc2sc(NS(=O)(=O)c3ccccc3)nc2c1. The highest BCUT2D eigenvalue weighted by Crippen LogP contribution is 2.29. The van der Waals surface area contributed by atoms with E-state index in [9.17, 15) is 13.2 Å². The highest BCUT2D eigenvalue weighted by atomic mass is 32.2. The summed E-state index contributed by atoms with van der Waals surface area (Å²) >= 11 is 1.23. The molecule has 4 aromatic rings. The highest BCUT2D eigenvalue weighted by Gasteiger charge is 2.16. The number of hydrogen-bond donors (Lipinski definition) is 3. The van der Waals surface area contributed by atoms with Crippen LogP contribution >= 0.6 is 11.3 Å². The number of thiazole rings is 1. The van der Waals surface area contributed by atoms with Crippen LogP contribution in [0, 0.1) is 0 Å². The van der Waals surface area contributed by atoms with Crippen LogP contribution in [0.5, 0.6) is 0 Å². The van der Waals surface area contributed by atoms with E-state index in [1.807, 2.05) is 30.3 Å². The van der Waals surface area contributed by atoms with Crippen LogP contribution in [0.15, 0.2) is 83.8 Å². The van der Waals surface area contributed by atoms with Crippen LogP contribution in [0.3, 0.4) is 0 Å². The molecule has 7 nitrogen and oxygen atoms in total. The molecule has 0 saturated heterocycles. The fraction of sp³-hybridized carbons (Fsp3) is 0.0909. The molecular formula is C22H20N4O3S2. The molecule has 2 amide bonds. The van der Waals surface area contributed by atoms with Crippen molar-refractivity contribution >= 4 is 48.4 Å². The number of fused-ring (bicyclic) bond motifs is 1. The number of carbonyl (C=O) groups excluding carboxylic acids is 1. The van der Waals surface area contributed by atoms with Gasteiger partial charge in [-0.05, 0) is 42.3 Å². The Hall–Kier alpha value is -3.43. The first-order valence-corrected chi connectivity index (χ1v) is 11.9. The van der Waals surface area contributed by atoms with Gasteiger partial charge in [-0.25, -0.2) is 18.2 Å². The Labute approximate surface area is 184 Å². The molecule has 0 unspecified atom stereocenters. The lowest BCUT2D eigenvalue weighted by Gasteiger charge is -2.07. The number of aromatic nitrogens is 1. The third-order valence-electron chi connectivity index (χ3n) is 4.46. The number of hydrogen-bond acceptors (Lipinski definition) is 5. The summed E-state index contributed by atoms with van der Waals surface area (Å²) in [6.07, 6.45) is 0.740. The first kappa shape index (κ1) is 20.8. The van der Waals surface area contributed by atoms with Gasteiger partial charge in [0.15, 0.2) is 5.13 Å². The molecule has 3 aromatic carbocycles. The molecule has 0 aliphatic heterocycles. The van der Waals surface area contributed by atoms with E-state index in [-0.39, 0.29) is 16.1 Å². The van der Waals surface area contributed by atoms with Crippen LogP contribution < -0.4 is 15.4 Å². The number of urea groups is 1. The van der Waals surface area contributed by atoms with Crippen LogP contribution in [0.25, 0.3) is 10.2 Å². The normalized spacial score (nSPS) is 11.2. The number of rotatable bonds is 7. The van der Waals surface area contributed by atoms with Crippen molar-refractivity contribution in [3.63, 3.8) is 0 Å². The lowest BCUT2D eigenvalue weighted by Crippen LogP contribution is -2.30. The summed E-state index contributed by atoms with van der Waals surface area (Å²) in [6.45, 7) is 0.514. The lowest BCUT2D eigenvalue weighted by molar-refractivity contribution is 0.252. The maximum atomic E-state index is 12.5. The number of nitrogens with one attached hydrogen (secondary N) is 3. The third-order valence-corrected chi connectivity index (χ3v) is 6.90. The average molecular weight is 453 g/mol. The van der Waals surface area contributed by atoms with Gasteiger partial charge in [-0.15, -0.1) is 0 Å². The van der Waals surface area contributed by atoms with Gasteiger partial charge in [-0.2, -0.15) is 0 Å². The van der Waals surface area contributed by atoms with E-state index < -0.39 is 10.0 Å². The Morgan fingerprint density at radius 1 is 0.935 bits per heavy atom. The molecule has 158 valence electrons. The standard InChI is InChI=1S/C22H20N4O3S2/c27-21(23-14-13-16-7-3-1-4-8-16)24-17-11-12-20-19(15-17)25-22(30-20)26-31(28,29)18-9-5-2-6-10-18/h1-12,15H,13-14H2,(H,25,26)(H2,23,24,27). The van der Waals surface area contributed by atoms with Crippen molar-refractivity contribution in [2.75, 3.05) is 16.6 Å². The maximum absolute atomic E-state index is 12.5. The number of carbonyl (C=O) groups is 1. The largest absolute Gasteiger partial charge is 0.338 e. The number of anilines is 2. The minimum Gasteiger partial charge on any atom is -0.338 e. The molecule has 31 heavy (non-hydrogen) atoms. The first-order valence-electron chi connectivity index (χ1n) is 9.57. The fourth-order valence-corrected chi connectivity index (χ4v) is 5.06. The zero-order valence-corrected chi connectivity index (χ0v) is 18.0. The van der Waals surface area contributed by atoms with E-state index in [0.29, 0.717) is 17.7 Å². The summed E-state index contributed by atoms with van der Waals surface area (Å²) in [5.74, 6) is 0. The Morgan fingerprint density at radius 3 is 2.39 bits per heavy atom. The maximum Gasteiger partial charge on any atom is 0.319 e. The molecule has 0 aliphatic rings. The molecule has 3 N–H and O–H groups in total. The van der Waals surface area contributed by atoms with Crippen LogP contribution in [0.2, 0.25) is 0 Å². The lowest BCUT2D eigenvalue weighted by atomic mass is 10.1. The number of amides is 2. The monoisotopic (exact) mass is 452 g/mol. The molecule has 0 aliphatic carbocycles. The molecule has 0 saturated carbocycles. The molecule has 4 rings (SSSR count). The topological polar surface area (TPSA) is 100 Å². The van der Waals surface area contributed by atoms with Crippen molar-refractivity contribution in [1.82, 2.24) is 10.3 Å². The van der Waals surface area contributed by atoms with Crippen LogP contribution in [-0.4, -0.2) is 26.0 Å². The fourth-order valence-electron chi connectivity index (χ4n) is 2.96. The van der Waals surface area contributed by atoms with Gasteiger partial charge in [0.2, 0.25) is 0 Å². The van der Waals surface area contributed by atoms with E-state index >= 15 is 0 Å². The summed E-state index contributed by atoms with van der Waals surface area (Å²) in [5.41, 5.74) is 2.32. The van der Waals surface area contributed by atoms with E-state index in [4.69, 9.17) is 0 Å². The van der Waals surface area contributed by atoms with Crippen molar-refractivity contribution in [3.8, 4) is 0 Å². The molecule has 0 spiro atoms. The van der Waals surface area contributed by atoms with Crippen molar-refractivity contribution in [2.24, 2.45) is 0 Å². The molecular weight excluding hydrogens is 432 g/mol. The van der Waals surface area contributed by atoms with Crippen LogP contribution in [0.4, 0.5) is 15.6 Å².